The van der Waals surface area contributed by atoms with Gasteiger partial charge in [-0.15, -0.1) is 0 Å². The summed E-state index contributed by atoms with van der Waals surface area (Å²) in [6, 6.07) is 9.81. The van der Waals surface area contributed by atoms with Crippen molar-refractivity contribution in [3.63, 3.8) is 0 Å². The van der Waals surface area contributed by atoms with Crippen LogP contribution in [0.15, 0.2) is 61.9 Å². The number of morpholine rings is 1. The highest BCUT2D eigenvalue weighted by Crippen LogP contribution is 2.37. The number of methoxy groups -OCH3 is 2. The number of carbonyl (C=O) groups excluding carboxylic acids is 2. The fourth-order valence-corrected chi connectivity index (χ4v) is 6.52. The number of hydrogen-bond acceptors (Lipinski definition) is 10. The van der Waals surface area contributed by atoms with Gasteiger partial charge in [0.25, 0.3) is 11.5 Å². The zero-order chi connectivity index (χ0) is 31.4. The Morgan fingerprint density at radius 3 is 2.52 bits per heavy atom. The number of hydrogen-bond donors (Lipinski definition) is 0. The van der Waals surface area contributed by atoms with Gasteiger partial charge in [0.05, 0.1) is 49.8 Å². The molecule has 1 fully saturated rings. The van der Waals surface area contributed by atoms with Crippen LogP contribution in [-0.4, -0.2) is 75.1 Å². The van der Waals surface area contributed by atoms with Crippen molar-refractivity contribution in [3.8, 4) is 17.2 Å². The van der Waals surface area contributed by atoms with Crippen LogP contribution in [0.1, 0.15) is 31.0 Å². The molecular weight excluding hydrogens is 654 g/mol. The van der Waals surface area contributed by atoms with Gasteiger partial charge in [-0.3, -0.25) is 14.2 Å². The minimum Gasteiger partial charge on any atom is -0.496 e. The summed E-state index contributed by atoms with van der Waals surface area (Å²) >= 11 is 4.72. The van der Waals surface area contributed by atoms with E-state index >= 15 is 0 Å². The largest absolute Gasteiger partial charge is 0.496 e. The zero-order valence-corrected chi connectivity index (χ0v) is 27.2. The van der Waals surface area contributed by atoms with Crippen molar-refractivity contribution in [2.24, 2.45) is 4.99 Å². The zero-order valence-electron chi connectivity index (χ0n) is 24.8. The number of amides is 1. The molecule has 0 spiro atoms. The fraction of sp³-hybridized carbons (Fsp3) is 0.355. The van der Waals surface area contributed by atoms with Gasteiger partial charge in [0.15, 0.2) is 22.9 Å². The number of esters is 1. The molecule has 13 heteroatoms. The second kappa shape index (κ2) is 13.8. The summed E-state index contributed by atoms with van der Waals surface area (Å²) in [6.45, 7) is 5.59. The predicted molar refractivity (Wildman–Crippen MR) is 167 cm³/mol. The number of allylic oxidation sites excluding steroid dienone is 1. The van der Waals surface area contributed by atoms with Gasteiger partial charge in [0.2, 0.25) is 0 Å². The molecule has 3 aromatic rings. The van der Waals surface area contributed by atoms with E-state index in [-0.39, 0.29) is 30.3 Å². The number of halogens is 1. The first-order valence-corrected chi connectivity index (χ1v) is 15.6. The smallest absolute Gasteiger partial charge is 0.338 e. The van der Waals surface area contributed by atoms with E-state index in [1.165, 1.54) is 30.1 Å². The first-order chi connectivity index (χ1) is 21.2. The van der Waals surface area contributed by atoms with Gasteiger partial charge in [0.1, 0.15) is 11.8 Å². The van der Waals surface area contributed by atoms with Crippen LogP contribution in [0.25, 0.3) is 6.08 Å². The number of thiazole rings is 1. The molecule has 5 rings (SSSR count). The van der Waals surface area contributed by atoms with Crippen LogP contribution in [0.2, 0.25) is 0 Å². The molecule has 2 aromatic carbocycles. The fourth-order valence-electron chi connectivity index (χ4n) is 5.09. The molecule has 3 heterocycles. The molecule has 0 radical (unpaired) electrons. The third kappa shape index (κ3) is 6.44. The third-order valence-electron chi connectivity index (χ3n) is 7.20. The highest BCUT2D eigenvalue weighted by molar-refractivity contribution is 9.10. The Balaban J connectivity index is 1.53. The Hall–Kier alpha value is -3.94. The van der Waals surface area contributed by atoms with Crippen molar-refractivity contribution >= 4 is 45.2 Å². The monoisotopic (exact) mass is 685 g/mol. The highest BCUT2D eigenvalue weighted by Gasteiger charge is 2.35. The number of carbonyl (C=O) groups is 2. The highest BCUT2D eigenvalue weighted by atomic mass is 79.9. The Bertz CT molecular complexity index is 1790. The minimum absolute atomic E-state index is 0.129. The molecule has 0 saturated carbocycles. The van der Waals surface area contributed by atoms with Gasteiger partial charge in [-0.2, -0.15) is 0 Å². The lowest BCUT2D eigenvalue weighted by Gasteiger charge is -2.26. The summed E-state index contributed by atoms with van der Waals surface area (Å²) in [5.41, 5.74) is 1.68. The lowest BCUT2D eigenvalue weighted by molar-refractivity contribution is -0.139. The number of benzene rings is 2. The van der Waals surface area contributed by atoms with Crippen LogP contribution in [-0.2, 0) is 19.1 Å². The summed E-state index contributed by atoms with van der Waals surface area (Å²) in [5.74, 6) is 0.650. The summed E-state index contributed by atoms with van der Waals surface area (Å²) in [4.78, 5) is 46.5. The molecule has 2 aliphatic rings. The van der Waals surface area contributed by atoms with E-state index in [0.29, 0.717) is 69.7 Å². The quantitative estimate of drug-likeness (QED) is 0.316. The van der Waals surface area contributed by atoms with Crippen LogP contribution in [0.3, 0.4) is 0 Å². The Morgan fingerprint density at radius 1 is 1.09 bits per heavy atom. The Labute approximate surface area is 266 Å². The molecule has 0 aliphatic carbocycles. The molecule has 0 unspecified atom stereocenters. The molecule has 44 heavy (non-hydrogen) atoms. The van der Waals surface area contributed by atoms with Crippen molar-refractivity contribution in [2.45, 2.75) is 19.9 Å². The van der Waals surface area contributed by atoms with E-state index in [1.807, 2.05) is 12.1 Å². The third-order valence-corrected chi connectivity index (χ3v) is 8.68. The van der Waals surface area contributed by atoms with Crippen LogP contribution < -0.4 is 29.1 Å². The van der Waals surface area contributed by atoms with Crippen molar-refractivity contribution in [1.82, 2.24) is 9.47 Å². The predicted octanol–water partition coefficient (Wildman–Crippen LogP) is 2.82. The van der Waals surface area contributed by atoms with Gasteiger partial charge in [-0.1, -0.05) is 33.3 Å². The van der Waals surface area contributed by atoms with Crippen molar-refractivity contribution in [1.29, 1.82) is 0 Å². The molecule has 1 amide bonds. The molecule has 2 aliphatic heterocycles. The molecule has 0 bridgehead atoms. The number of rotatable bonds is 9. The van der Waals surface area contributed by atoms with Crippen molar-refractivity contribution < 1.29 is 33.3 Å². The first-order valence-electron chi connectivity index (χ1n) is 13.9. The van der Waals surface area contributed by atoms with E-state index in [9.17, 15) is 14.4 Å². The molecule has 0 N–H and O–H groups in total. The van der Waals surface area contributed by atoms with Gasteiger partial charge < -0.3 is 28.6 Å². The van der Waals surface area contributed by atoms with E-state index in [0.717, 1.165) is 4.47 Å². The topological polar surface area (TPSA) is 118 Å². The Kier molecular flexibility index (Phi) is 9.87. The standard InChI is InChI=1S/C31H32BrN3O8S/c1-5-42-30(38)27-18(2)33-31-35(28(27)21-16-20(32)7-9-22(21)39-3)29(37)25(44-31)15-19-6-8-23(24(14-19)40-4)43-17-26(36)34-10-12-41-13-11-34/h6-9,14-16,28H,5,10-13,17H2,1-4H3/b25-15-/t28-/m1/s1. The van der Waals surface area contributed by atoms with Gasteiger partial charge in [-0.25, -0.2) is 9.79 Å². The van der Waals surface area contributed by atoms with Crippen molar-refractivity contribution in [3.05, 3.63) is 83.0 Å². The number of nitrogens with zero attached hydrogens (tertiary/aromatic N) is 3. The average Bonchev–Trinajstić information content (AvgIpc) is 3.33. The second-order valence-electron chi connectivity index (χ2n) is 9.88. The first kappa shape index (κ1) is 31.5. The maximum absolute atomic E-state index is 14.0. The minimum atomic E-state index is -0.825. The van der Waals surface area contributed by atoms with Gasteiger partial charge >= 0.3 is 5.97 Å². The second-order valence-corrected chi connectivity index (χ2v) is 11.8. The van der Waals surface area contributed by atoms with Crippen LogP contribution >= 0.6 is 27.3 Å². The SMILES string of the molecule is CCOC(=O)C1=C(C)N=c2s/c(=C\c3ccc(OCC(=O)N4CCOCC4)c(OC)c3)c(=O)n2[C@@H]1c1cc(Br)ccc1OC. The lowest BCUT2D eigenvalue weighted by Crippen LogP contribution is -2.43. The molecule has 1 saturated heterocycles. The summed E-state index contributed by atoms with van der Waals surface area (Å²) in [5, 5.41) is 0. The van der Waals surface area contributed by atoms with Crippen LogP contribution in [0.4, 0.5) is 0 Å². The maximum atomic E-state index is 14.0. The average molecular weight is 687 g/mol. The van der Waals surface area contributed by atoms with E-state index in [4.69, 9.17) is 23.7 Å². The normalized spacial score (nSPS) is 16.7. The van der Waals surface area contributed by atoms with Crippen LogP contribution in [0, 0.1) is 0 Å². The van der Waals surface area contributed by atoms with Gasteiger partial charge in [0, 0.05) is 23.1 Å². The molecule has 1 aromatic heterocycles. The molecule has 11 nitrogen and oxygen atoms in total. The van der Waals surface area contributed by atoms with Crippen LogP contribution in [0.5, 0.6) is 17.2 Å². The Morgan fingerprint density at radius 2 is 1.82 bits per heavy atom. The number of aromatic nitrogens is 1. The van der Waals surface area contributed by atoms with E-state index < -0.39 is 12.0 Å². The van der Waals surface area contributed by atoms with Gasteiger partial charge in [-0.05, 0) is 55.8 Å². The molecular formula is C31H32BrN3O8S. The summed E-state index contributed by atoms with van der Waals surface area (Å²) in [7, 11) is 3.05. The van der Waals surface area contributed by atoms with E-state index in [1.54, 1.807) is 49.1 Å². The van der Waals surface area contributed by atoms with E-state index in [2.05, 4.69) is 20.9 Å². The number of ether oxygens (including phenoxy) is 5. The summed E-state index contributed by atoms with van der Waals surface area (Å²) in [6.07, 6.45) is 1.73. The molecule has 232 valence electrons. The maximum Gasteiger partial charge on any atom is 0.338 e. The number of fused-ring (bicyclic) bond motifs is 1. The van der Waals surface area contributed by atoms with Crippen molar-refractivity contribution in [2.75, 3.05) is 53.7 Å². The summed E-state index contributed by atoms with van der Waals surface area (Å²) < 4.78 is 30.3. The lowest BCUT2D eigenvalue weighted by atomic mass is 9.95. The molecule has 1 atom stereocenters.